The van der Waals surface area contributed by atoms with E-state index in [0.29, 0.717) is 13.0 Å². The fraction of sp³-hybridized carbons (Fsp3) is 0.571. The van der Waals surface area contributed by atoms with E-state index in [9.17, 15) is 14.4 Å². The molecule has 2 unspecified atom stereocenters. The van der Waals surface area contributed by atoms with Crippen LogP contribution in [0.1, 0.15) is 60.0 Å². The molecule has 3 N–H and O–H groups in total. The molecule has 1 aromatic rings. The van der Waals surface area contributed by atoms with Crippen LogP contribution in [0.3, 0.4) is 0 Å². The van der Waals surface area contributed by atoms with Crippen molar-refractivity contribution < 1.29 is 14.4 Å². The van der Waals surface area contributed by atoms with Gasteiger partial charge in [0.05, 0.1) is 0 Å². The number of likely N-dealkylation sites (tertiary alicyclic amines) is 1. The number of amides is 3. The van der Waals surface area contributed by atoms with E-state index in [0.717, 1.165) is 42.6 Å². The van der Waals surface area contributed by atoms with Crippen molar-refractivity contribution in [1.82, 2.24) is 15.1 Å². The Bertz CT molecular complexity index is 863. The van der Waals surface area contributed by atoms with Crippen molar-refractivity contribution in [2.24, 2.45) is 5.73 Å². The Morgan fingerprint density at radius 3 is 2.75 bits per heavy atom. The molecule has 1 aliphatic carbocycles. The summed E-state index contributed by atoms with van der Waals surface area (Å²) in [5.74, 6) is -0.705. The third-order valence-electron chi connectivity index (χ3n) is 6.91. The number of benzene rings is 1. The summed E-state index contributed by atoms with van der Waals surface area (Å²) in [5, 5.41) is 2.37. The van der Waals surface area contributed by atoms with Crippen LogP contribution >= 0.6 is 0 Å². The molecule has 3 fully saturated rings. The third-order valence-corrected chi connectivity index (χ3v) is 6.91. The minimum absolute atomic E-state index is 0.0846. The number of carbonyl (C=O) groups excluding carboxylic acids is 3. The van der Waals surface area contributed by atoms with Gasteiger partial charge in [-0.2, -0.15) is 0 Å². The summed E-state index contributed by atoms with van der Waals surface area (Å²) in [7, 11) is 0. The van der Waals surface area contributed by atoms with E-state index in [1.165, 1.54) is 12.8 Å². The minimum Gasteiger partial charge on any atom is -0.328 e. The lowest BCUT2D eigenvalue weighted by atomic mass is 9.94. The molecule has 7 heteroatoms. The summed E-state index contributed by atoms with van der Waals surface area (Å²) < 4.78 is 0. The summed E-state index contributed by atoms with van der Waals surface area (Å²) in [6, 6.07) is 5.74. The number of hydrogen-bond donors (Lipinski definition) is 2. The van der Waals surface area contributed by atoms with Crippen LogP contribution in [0.5, 0.6) is 0 Å². The molecule has 1 spiro atoms. The molecule has 1 aromatic carbocycles. The fourth-order valence-corrected chi connectivity index (χ4v) is 5.22. The Morgan fingerprint density at radius 1 is 1.18 bits per heavy atom. The molecule has 0 radical (unpaired) electrons. The first-order chi connectivity index (χ1) is 13.5. The Hall–Kier alpha value is -2.25. The molecule has 0 aromatic heterocycles. The van der Waals surface area contributed by atoms with Crippen LogP contribution in [-0.2, 0) is 22.7 Å². The molecule has 2 saturated heterocycles. The van der Waals surface area contributed by atoms with Crippen LogP contribution in [0.4, 0.5) is 0 Å². The van der Waals surface area contributed by atoms with Gasteiger partial charge in [0.15, 0.2) is 0 Å². The average molecular weight is 382 g/mol. The smallest absolute Gasteiger partial charge is 0.255 e. The number of nitrogens with two attached hydrogens (primary N) is 1. The maximum atomic E-state index is 13.2. The third kappa shape index (κ3) is 2.84. The lowest BCUT2D eigenvalue weighted by molar-refractivity contribution is -0.136. The maximum Gasteiger partial charge on any atom is 0.255 e. The van der Waals surface area contributed by atoms with E-state index in [1.807, 2.05) is 18.2 Å². The van der Waals surface area contributed by atoms with Gasteiger partial charge in [-0.05, 0) is 43.2 Å². The molecular weight excluding hydrogens is 356 g/mol. The number of rotatable bonds is 3. The van der Waals surface area contributed by atoms with Gasteiger partial charge < -0.3 is 10.6 Å². The van der Waals surface area contributed by atoms with Crippen molar-refractivity contribution >= 4 is 17.7 Å². The summed E-state index contributed by atoms with van der Waals surface area (Å²) in [6.45, 7) is 2.16. The van der Waals surface area contributed by atoms with Crippen molar-refractivity contribution in [3.8, 4) is 0 Å². The van der Waals surface area contributed by atoms with Crippen LogP contribution in [0.25, 0.3) is 0 Å². The molecule has 0 bridgehead atoms. The monoisotopic (exact) mass is 382 g/mol. The summed E-state index contributed by atoms with van der Waals surface area (Å²) in [4.78, 5) is 41.1. The summed E-state index contributed by atoms with van der Waals surface area (Å²) >= 11 is 0. The van der Waals surface area contributed by atoms with Crippen molar-refractivity contribution in [3.63, 3.8) is 0 Å². The Balaban J connectivity index is 1.39. The first-order valence-corrected chi connectivity index (χ1v) is 10.2. The zero-order chi connectivity index (χ0) is 19.5. The lowest BCUT2D eigenvalue weighted by Gasteiger charge is -2.39. The molecule has 3 heterocycles. The highest BCUT2D eigenvalue weighted by Gasteiger charge is 2.51. The number of hydrogen-bond acceptors (Lipinski definition) is 5. The molecule has 2 atom stereocenters. The standard InChI is InChI=1S/C21H26N4O3/c22-15-6-9-24(21(10-15)7-8-21)11-13-2-1-3-14-12-25(20(28)18(13)14)16-4-5-17(26)23-19(16)27/h1-3,15-16H,4-12,22H2,(H,23,26,27). The SMILES string of the molecule is NC1CCN(Cc2cccc3c2C(=O)N(C2CCC(=O)NC2=O)C3)C2(CC2)C1. The van der Waals surface area contributed by atoms with E-state index in [1.54, 1.807) is 4.90 Å². The average Bonchev–Trinajstić information content (AvgIpc) is 3.33. The van der Waals surface area contributed by atoms with Crippen LogP contribution in [0.15, 0.2) is 18.2 Å². The fourth-order valence-electron chi connectivity index (χ4n) is 5.22. The van der Waals surface area contributed by atoms with Gasteiger partial charge in [-0.1, -0.05) is 18.2 Å². The number of piperidine rings is 2. The van der Waals surface area contributed by atoms with Gasteiger partial charge in [0, 0.05) is 43.2 Å². The second-order valence-electron chi connectivity index (χ2n) is 8.75. The molecule has 3 aliphatic heterocycles. The molecule has 148 valence electrons. The number of carbonyl (C=O) groups is 3. The largest absolute Gasteiger partial charge is 0.328 e. The van der Waals surface area contributed by atoms with E-state index in [-0.39, 0.29) is 35.7 Å². The van der Waals surface area contributed by atoms with Gasteiger partial charge in [0.1, 0.15) is 6.04 Å². The van der Waals surface area contributed by atoms with E-state index in [4.69, 9.17) is 5.73 Å². The topological polar surface area (TPSA) is 95.7 Å². The van der Waals surface area contributed by atoms with Gasteiger partial charge in [-0.3, -0.25) is 24.6 Å². The van der Waals surface area contributed by atoms with Crippen molar-refractivity contribution in [3.05, 3.63) is 34.9 Å². The zero-order valence-electron chi connectivity index (χ0n) is 15.9. The highest BCUT2D eigenvalue weighted by molar-refractivity contribution is 6.06. The van der Waals surface area contributed by atoms with Crippen LogP contribution < -0.4 is 11.1 Å². The number of imide groups is 1. The van der Waals surface area contributed by atoms with E-state index >= 15 is 0 Å². The molecular formula is C21H26N4O3. The Kier molecular flexibility index (Phi) is 4.07. The first-order valence-electron chi connectivity index (χ1n) is 10.2. The number of nitrogens with one attached hydrogen (secondary N) is 1. The minimum atomic E-state index is -0.562. The molecule has 1 saturated carbocycles. The number of nitrogens with zero attached hydrogens (tertiary/aromatic N) is 2. The van der Waals surface area contributed by atoms with Crippen LogP contribution in [-0.4, -0.2) is 51.7 Å². The predicted molar refractivity (Wildman–Crippen MR) is 102 cm³/mol. The van der Waals surface area contributed by atoms with Gasteiger partial charge in [0.2, 0.25) is 11.8 Å². The van der Waals surface area contributed by atoms with Crippen molar-refractivity contribution in [2.75, 3.05) is 6.54 Å². The predicted octanol–water partition coefficient (Wildman–Crippen LogP) is 0.903. The zero-order valence-corrected chi connectivity index (χ0v) is 15.9. The molecule has 7 nitrogen and oxygen atoms in total. The van der Waals surface area contributed by atoms with Gasteiger partial charge in [0.25, 0.3) is 5.91 Å². The molecule has 28 heavy (non-hydrogen) atoms. The number of fused-ring (bicyclic) bond motifs is 1. The van der Waals surface area contributed by atoms with Crippen LogP contribution in [0.2, 0.25) is 0 Å². The second-order valence-corrected chi connectivity index (χ2v) is 8.75. The highest BCUT2D eigenvalue weighted by Crippen LogP contribution is 2.49. The van der Waals surface area contributed by atoms with Gasteiger partial charge >= 0.3 is 0 Å². The normalized spacial score (nSPS) is 29.2. The maximum absolute atomic E-state index is 13.2. The van der Waals surface area contributed by atoms with Gasteiger partial charge in [-0.25, -0.2) is 0 Å². The second kappa shape index (κ2) is 6.39. The Labute approximate surface area is 164 Å². The van der Waals surface area contributed by atoms with Crippen LogP contribution in [0, 0.1) is 0 Å². The summed E-state index contributed by atoms with van der Waals surface area (Å²) in [5.41, 5.74) is 9.19. The first kappa shape index (κ1) is 17.8. The van der Waals surface area contributed by atoms with Crippen molar-refractivity contribution in [2.45, 2.75) is 69.2 Å². The van der Waals surface area contributed by atoms with Gasteiger partial charge in [-0.15, -0.1) is 0 Å². The molecule has 3 amide bonds. The quantitative estimate of drug-likeness (QED) is 0.758. The van der Waals surface area contributed by atoms with Crippen molar-refractivity contribution in [1.29, 1.82) is 0 Å². The lowest BCUT2D eigenvalue weighted by Crippen LogP contribution is -2.52. The van der Waals surface area contributed by atoms with E-state index in [2.05, 4.69) is 10.2 Å². The highest BCUT2D eigenvalue weighted by atomic mass is 16.2. The Morgan fingerprint density at radius 2 is 2.00 bits per heavy atom. The molecule has 4 aliphatic rings. The van der Waals surface area contributed by atoms with E-state index < -0.39 is 6.04 Å². The molecule has 5 rings (SSSR count). The summed E-state index contributed by atoms with van der Waals surface area (Å²) in [6.07, 6.45) is 5.08.